The average Bonchev–Trinajstić information content (AvgIpc) is 2.30. The van der Waals surface area contributed by atoms with Crippen LogP contribution in [0.4, 0.5) is 0 Å². The second-order valence-corrected chi connectivity index (χ2v) is 6.33. The molecule has 1 fully saturated rings. The minimum absolute atomic E-state index is 0.340. The fourth-order valence-corrected chi connectivity index (χ4v) is 3.45. The quantitative estimate of drug-likeness (QED) is 0.785. The molecule has 1 heteroatoms. The second-order valence-electron chi connectivity index (χ2n) is 6.33. The molecule has 1 nitrogen and oxygen atoms in total. The Kier molecular flexibility index (Phi) is 3.55. The predicted molar refractivity (Wildman–Crippen MR) is 76.7 cm³/mol. The lowest BCUT2D eigenvalue weighted by Gasteiger charge is -2.43. The third-order valence-corrected chi connectivity index (χ3v) is 5.13. The highest BCUT2D eigenvalue weighted by molar-refractivity contribution is 5.40. The monoisotopic (exact) mass is 246 g/mol. The van der Waals surface area contributed by atoms with Crippen LogP contribution in [-0.2, 0) is 5.60 Å². The Bertz CT molecular complexity index is 449. The summed E-state index contributed by atoms with van der Waals surface area (Å²) in [6, 6.07) is 4.42. The van der Waals surface area contributed by atoms with E-state index in [1.165, 1.54) is 23.1 Å². The van der Waals surface area contributed by atoms with Gasteiger partial charge in [0.15, 0.2) is 0 Å². The maximum absolute atomic E-state index is 11.2. The van der Waals surface area contributed by atoms with Crippen LogP contribution >= 0.6 is 0 Å². The zero-order valence-corrected chi connectivity index (χ0v) is 12.4. The lowest BCUT2D eigenvalue weighted by atomic mass is 9.66. The van der Waals surface area contributed by atoms with E-state index in [-0.39, 0.29) is 0 Å². The topological polar surface area (TPSA) is 20.2 Å². The van der Waals surface area contributed by atoms with Gasteiger partial charge in [0.1, 0.15) is 0 Å². The van der Waals surface area contributed by atoms with Crippen molar-refractivity contribution < 1.29 is 5.11 Å². The van der Waals surface area contributed by atoms with Gasteiger partial charge in [0.05, 0.1) is 5.60 Å². The summed E-state index contributed by atoms with van der Waals surface area (Å²) in [5.41, 5.74) is 4.37. The lowest BCUT2D eigenvalue weighted by molar-refractivity contribution is -0.0693. The molecule has 1 aliphatic rings. The van der Waals surface area contributed by atoms with Crippen LogP contribution in [0.3, 0.4) is 0 Å². The number of hydrogen-bond acceptors (Lipinski definition) is 1. The fourth-order valence-electron chi connectivity index (χ4n) is 3.45. The number of aliphatic hydroxyl groups is 1. The summed E-state index contributed by atoms with van der Waals surface area (Å²) in [6.45, 7) is 10.9. The molecule has 1 saturated carbocycles. The van der Waals surface area contributed by atoms with E-state index in [0.29, 0.717) is 11.8 Å². The van der Waals surface area contributed by atoms with Crippen molar-refractivity contribution in [1.29, 1.82) is 0 Å². The molecule has 0 amide bonds. The molecule has 3 atom stereocenters. The zero-order chi connectivity index (χ0) is 13.5. The molecule has 0 radical (unpaired) electrons. The van der Waals surface area contributed by atoms with Gasteiger partial charge in [-0.1, -0.05) is 32.4 Å². The van der Waals surface area contributed by atoms with Crippen molar-refractivity contribution in [3.8, 4) is 0 Å². The van der Waals surface area contributed by atoms with E-state index in [1.54, 1.807) is 0 Å². The van der Waals surface area contributed by atoms with Gasteiger partial charge in [0, 0.05) is 0 Å². The second kappa shape index (κ2) is 4.70. The summed E-state index contributed by atoms with van der Waals surface area (Å²) in [5.74, 6) is 0.941. The van der Waals surface area contributed by atoms with Gasteiger partial charge >= 0.3 is 0 Å². The first-order valence-electron chi connectivity index (χ1n) is 7.17. The molecule has 0 aromatic heterocycles. The van der Waals surface area contributed by atoms with E-state index in [1.807, 2.05) is 0 Å². The van der Waals surface area contributed by atoms with E-state index in [2.05, 4.69) is 46.8 Å². The molecule has 3 unspecified atom stereocenters. The first-order chi connectivity index (χ1) is 8.36. The Morgan fingerprint density at radius 1 is 1.06 bits per heavy atom. The minimum atomic E-state index is -0.625. The van der Waals surface area contributed by atoms with Crippen LogP contribution in [0.5, 0.6) is 0 Å². The number of aryl methyl sites for hydroxylation is 3. The molecule has 1 aliphatic carbocycles. The molecular weight excluding hydrogens is 220 g/mol. The summed E-state index contributed by atoms with van der Waals surface area (Å²) in [6.07, 6.45) is 3.28. The van der Waals surface area contributed by atoms with Gasteiger partial charge in [-0.05, 0) is 67.7 Å². The van der Waals surface area contributed by atoms with Crippen molar-refractivity contribution in [2.45, 2.75) is 59.5 Å². The van der Waals surface area contributed by atoms with Crippen LogP contribution in [0.1, 0.15) is 55.4 Å². The summed E-state index contributed by atoms with van der Waals surface area (Å²) >= 11 is 0. The summed E-state index contributed by atoms with van der Waals surface area (Å²) < 4.78 is 0. The normalized spacial score (nSPS) is 32.6. The van der Waals surface area contributed by atoms with Gasteiger partial charge in [-0.15, -0.1) is 0 Å². The number of hydrogen-bond donors (Lipinski definition) is 1. The van der Waals surface area contributed by atoms with Gasteiger partial charge in [-0.3, -0.25) is 0 Å². The summed E-state index contributed by atoms with van der Waals surface area (Å²) in [4.78, 5) is 0. The standard InChI is InChI=1S/C17H26O/c1-11-7-6-8-17(18,15(11)5)16-10-13(3)12(2)9-14(16)4/h9-11,15,18H,6-8H2,1-5H3. The van der Waals surface area contributed by atoms with Crippen LogP contribution in [0.25, 0.3) is 0 Å². The van der Waals surface area contributed by atoms with Gasteiger partial charge < -0.3 is 5.11 Å². The van der Waals surface area contributed by atoms with Crippen LogP contribution in [0.2, 0.25) is 0 Å². The SMILES string of the molecule is Cc1cc(C)c(C2(O)CCCC(C)C2C)cc1C. The molecular formula is C17H26O. The van der Waals surface area contributed by atoms with E-state index < -0.39 is 5.60 Å². The largest absolute Gasteiger partial charge is 0.385 e. The molecule has 0 saturated heterocycles. The van der Waals surface area contributed by atoms with Crippen molar-refractivity contribution in [3.63, 3.8) is 0 Å². The minimum Gasteiger partial charge on any atom is -0.385 e. The number of benzene rings is 1. The zero-order valence-electron chi connectivity index (χ0n) is 12.4. The Morgan fingerprint density at radius 2 is 1.67 bits per heavy atom. The van der Waals surface area contributed by atoms with Crippen molar-refractivity contribution in [3.05, 3.63) is 34.4 Å². The van der Waals surface area contributed by atoms with E-state index in [4.69, 9.17) is 0 Å². The van der Waals surface area contributed by atoms with Gasteiger partial charge in [-0.2, -0.15) is 0 Å². The Morgan fingerprint density at radius 3 is 2.33 bits per heavy atom. The maximum Gasteiger partial charge on any atom is 0.0927 e. The van der Waals surface area contributed by atoms with Crippen LogP contribution in [-0.4, -0.2) is 5.11 Å². The van der Waals surface area contributed by atoms with Gasteiger partial charge in [0.25, 0.3) is 0 Å². The smallest absolute Gasteiger partial charge is 0.0927 e. The molecule has 18 heavy (non-hydrogen) atoms. The van der Waals surface area contributed by atoms with E-state index in [9.17, 15) is 5.11 Å². The highest BCUT2D eigenvalue weighted by atomic mass is 16.3. The molecule has 100 valence electrons. The van der Waals surface area contributed by atoms with Gasteiger partial charge in [-0.25, -0.2) is 0 Å². The van der Waals surface area contributed by atoms with E-state index in [0.717, 1.165) is 18.4 Å². The molecule has 0 aliphatic heterocycles. The summed E-state index contributed by atoms with van der Waals surface area (Å²) in [5, 5.41) is 11.2. The Hall–Kier alpha value is -0.820. The molecule has 0 bridgehead atoms. The molecule has 1 aromatic carbocycles. The molecule has 0 spiro atoms. The maximum atomic E-state index is 11.2. The molecule has 1 aromatic rings. The van der Waals surface area contributed by atoms with Gasteiger partial charge in [0.2, 0.25) is 0 Å². The number of rotatable bonds is 1. The third kappa shape index (κ3) is 2.09. The van der Waals surface area contributed by atoms with Crippen molar-refractivity contribution >= 4 is 0 Å². The fraction of sp³-hybridized carbons (Fsp3) is 0.647. The first-order valence-corrected chi connectivity index (χ1v) is 7.17. The predicted octanol–water partition coefficient (Wildman–Crippen LogP) is 4.26. The van der Waals surface area contributed by atoms with Crippen LogP contribution in [0.15, 0.2) is 12.1 Å². The van der Waals surface area contributed by atoms with Crippen LogP contribution < -0.4 is 0 Å². The third-order valence-electron chi connectivity index (χ3n) is 5.13. The van der Waals surface area contributed by atoms with Crippen molar-refractivity contribution in [1.82, 2.24) is 0 Å². The first kappa shape index (κ1) is 13.6. The van der Waals surface area contributed by atoms with Crippen LogP contribution in [0, 0.1) is 32.6 Å². The highest BCUT2D eigenvalue weighted by Gasteiger charge is 2.41. The molecule has 1 N–H and O–H groups in total. The summed E-state index contributed by atoms with van der Waals surface area (Å²) in [7, 11) is 0. The molecule has 2 rings (SSSR count). The Labute approximate surface area is 111 Å². The lowest BCUT2D eigenvalue weighted by Crippen LogP contribution is -2.41. The Balaban J connectivity index is 2.49. The van der Waals surface area contributed by atoms with Crippen molar-refractivity contribution in [2.24, 2.45) is 11.8 Å². The van der Waals surface area contributed by atoms with E-state index >= 15 is 0 Å². The highest BCUT2D eigenvalue weighted by Crippen LogP contribution is 2.45. The average molecular weight is 246 g/mol. The molecule has 0 heterocycles. The van der Waals surface area contributed by atoms with Crippen molar-refractivity contribution in [2.75, 3.05) is 0 Å².